The van der Waals surface area contributed by atoms with E-state index in [-0.39, 0.29) is 16.2 Å². The van der Waals surface area contributed by atoms with Crippen LogP contribution in [0.3, 0.4) is 0 Å². The van der Waals surface area contributed by atoms with Crippen LogP contribution in [-0.4, -0.2) is 18.7 Å². The SMILES string of the molecule is C#Cc1c(C=O)n(S(=O)(=O)c2ccccc2)c2ccccc12. The van der Waals surface area contributed by atoms with Crippen molar-refractivity contribution < 1.29 is 13.2 Å². The van der Waals surface area contributed by atoms with Crippen LogP contribution in [0, 0.1) is 12.3 Å². The van der Waals surface area contributed by atoms with Gasteiger partial charge in [-0.3, -0.25) is 4.79 Å². The molecule has 4 nitrogen and oxygen atoms in total. The number of nitrogens with zero attached hydrogens (tertiary/aromatic N) is 1. The summed E-state index contributed by atoms with van der Waals surface area (Å²) >= 11 is 0. The first-order chi connectivity index (χ1) is 10.6. The summed E-state index contributed by atoms with van der Waals surface area (Å²) < 4.78 is 26.8. The molecule has 0 atom stereocenters. The van der Waals surface area contributed by atoms with E-state index < -0.39 is 10.0 Å². The minimum Gasteiger partial charge on any atom is -0.296 e. The van der Waals surface area contributed by atoms with Crippen LogP contribution in [-0.2, 0) is 10.0 Å². The third-order valence-electron chi connectivity index (χ3n) is 3.40. The molecule has 22 heavy (non-hydrogen) atoms. The zero-order chi connectivity index (χ0) is 15.7. The lowest BCUT2D eigenvalue weighted by Crippen LogP contribution is -2.15. The van der Waals surface area contributed by atoms with Gasteiger partial charge in [0.05, 0.1) is 16.0 Å². The zero-order valence-electron chi connectivity index (χ0n) is 11.4. The highest BCUT2D eigenvalue weighted by Gasteiger charge is 2.25. The van der Waals surface area contributed by atoms with Crippen molar-refractivity contribution in [1.82, 2.24) is 3.97 Å². The van der Waals surface area contributed by atoms with Gasteiger partial charge in [0.25, 0.3) is 10.0 Å². The van der Waals surface area contributed by atoms with E-state index in [0.29, 0.717) is 17.2 Å². The van der Waals surface area contributed by atoms with Gasteiger partial charge >= 0.3 is 0 Å². The molecule has 0 fully saturated rings. The average Bonchev–Trinajstić information content (AvgIpc) is 2.89. The first-order valence-corrected chi connectivity index (χ1v) is 7.91. The molecule has 0 saturated heterocycles. The van der Waals surface area contributed by atoms with Gasteiger partial charge in [0.1, 0.15) is 5.69 Å². The van der Waals surface area contributed by atoms with Crippen LogP contribution in [0.25, 0.3) is 10.9 Å². The Morgan fingerprint density at radius 3 is 2.27 bits per heavy atom. The summed E-state index contributed by atoms with van der Waals surface area (Å²) in [6.45, 7) is 0. The molecule has 0 radical (unpaired) electrons. The second kappa shape index (κ2) is 5.17. The Morgan fingerprint density at radius 2 is 1.64 bits per heavy atom. The normalized spacial score (nSPS) is 11.2. The lowest BCUT2D eigenvalue weighted by molar-refractivity contribution is 0.111. The van der Waals surface area contributed by atoms with Gasteiger partial charge in [-0.05, 0) is 18.2 Å². The van der Waals surface area contributed by atoms with Crippen LogP contribution in [0.4, 0.5) is 0 Å². The van der Waals surface area contributed by atoms with E-state index in [1.807, 2.05) is 0 Å². The molecule has 5 heteroatoms. The molecule has 0 spiro atoms. The Labute approximate surface area is 128 Å². The Balaban J connectivity index is 2.47. The van der Waals surface area contributed by atoms with E-state index in [0.717, 1.165) is 3.97 Å². The summed E-state index contributed by atoms with van der Waals surface area (Å²) in [5.41, 5.74) is 0.638. The minimum absolute atomic E-state index is 0.0347. The standard InChI is InChI=1S/C17H11NO3S/c1-2-14-15-10-6-7-11-16(15)18(17(14)12-19)22(20,21)13-8-4-3-5-9-13/h1,3-12H. The summed E-state index contributed by atoms with van der Waals surface area (Å²) in [6, 6.07) is 14.7. The van der Waals surface area contributed by atoms with Gasteiger partial charge in [0.15, 0.2) is 6.29 Å². The van der Waals surface area contributed by atoms with E-state index in [1.54, 1.807) is 42.5 Å². The molecular formula is C17H11NO3S. The molecular weight excluding hydrogens is 298 g/mol. The quantitative estimate of drug-likeness (QED) is 0.552. The van der Waals surface area contributed by atoms with E-state index >= 15 is 0 Å². The van der Waals surface area contributed by atoms with Gasteiger partial charge < -0.3 is 0 Å². The number of carbonyl (C=O) groups excluding carboxylic acids is 1. The van der Waals surface area contributed by atoms with Crippen molar-refractivity contribution in [3.63, 3.8) is 0 Å². The van der Waals surface area contributed by atoms with Gasteiger partial charge in [-0.25, -0.2) is 12.4 Å². The largest absolute Gasteiger partial charge is 0.296 e. The fourth-order valence-corrected chi connectivity index (χ4v) is 3.97. The maximum Gasteiger partial charge on any atom is 0.268 e. The molecule has 0 unspecified atom stereocenters. The lowest BCUT2D eigenvalue weighted by atomic mass is 10.1. The molecule has 1 heterocycles. The summed E-state index contributed by atoms with van der Waals surface area (Å²) in [5, 5.41) is 0.562. The van der Waals surface area contributed by atoms with Crippen LogP contribution >= 0.6 is 0 Å². The maximum atomic E-state index is 12.9. The summed E-state index contributed by atoms with van der Waals surface area (Å²) in [4.78, 5) is 11.6. The maximum absolute atomic E-state index is 12.9. The molecule has 0 N–H and O–H groups in total. The van der Waals surface area contributed by atoms with Crippen LogP contribution in [0.2, 0.25) is 0 Å². The fraction of sp³-hybridized carbons (Fsp3) is 0. The van der Waals surface area contributed by atoms with E-state index in [9.17, 15) is 13.2 Å². The highest BCUT2D eigenvalue weighted by Crippen LogP contribution is 2.28. The van der Waals surface area contributed by atoms with Crippen molar-refractivity contribution in [3.8, 4) is 12.3 Å². The molecule has 2 aromatic carbocycles. The molecule has 0 amide bonds. The van der Waals surface area contributed by atoms with E-state index in [1.165, 1.54) is 12.1 Å². The van der Waals surface area contributed by atoms with Crippen LogP contribution in [0.5, 0.6) is 0 Å². The summed E-state index contributed by atoms with van der Waals surface area (Å²) in [7, 11) is -3.91. The van der Waals surface area contributed by atoms with Crippen molar-refractivity contribution in [2.75, 3.05) is 0 Å². The zero-order valence-corrected chi connectivity index (χ0v) is 12.2. The number of terminal acetylenes is 1. The average molecular weight is 309 g/mol. The molecule has 1 aromatic heterocycles. The first kappa shape index (κ1) is 14.1. The van der Waals surface area contributed by atoms with Crippen LogP contribution in [0.15, 0.2) is 59.5 Å². The number of carbonyl (C=O) groups is 1. The number of aromatic nitrogens is 1. The van der Waals surface area contributed by atoms with Gasteiger partial charge in [-0.15, -0.1) is 6.42 Å². The van der Waals surface area contributed by atoms with Crippen LogP contribution < -0.4 is 0 Å². The molecule has 3 rings (SSSR count). The Bertz CT molecular complexity index is 1010. The first-order valence-electron chi connectivity index (χ1n) is 6.47. The highest BCUT2D eigenvalue weighted by molar-refractivity contribution is 7.90. The molecule has 0 bridgehead atoms. The summed E-state index contributed by atoms with van der Waals surface area (Å²) in [6.07, 6.45) is 5.95. The molecule has 0 saturated carbocycles. The van der Waals surface area contributed by atoms with Crippen molar-refractivity contribution >= 4 is 27.2 Å². The van der Waals surface area contributed by atoms with Crippen molar-refractivity contribution in [1.29, 1.82) is 0 Å². The Hall–Kier alpha value is -2.84. The Morgan fingerprint density at radius 1 is 1.00 bits per heavy atom. The molecule has 3 aromatic rings. The number of benzene rings is 2. The number of fused-ring (bicyclic) bond motifs is 1. The number of hydrogen-bond donors (Lipinski definition) is 0. The molecule has 0 aliphatic heterocycles. The fourth-order valence-electron chi connectivity index (χ4n) is 2.45. The third kappa shape index (κ3) is 1.93. The smallest absolute Gasteiger partial charge is 0.268 e. The lowest BCUT2D eigenvalue weighted by Gasteiger charge is -2.09. The molecule has 0 aliphatic rings. The third-order valence-corrected chi connectivity index (χ3v) is 5.15. The molecule has 0 aliphatic carbocycles. The van der Waals surface area contributed by atoms with Gasteiger partial charge in [0, 0.05) is 5.39 Å². The predicted octanol–water partition coefficient (Wildman–Crippen LogP) is 2.67. The minimum atomic E-state index is -3.91. The van der Waals surface area contributed by atoms with Gasteiger partial charge in [0.2, 0.25) is 0 Å². The number of aldehydes is 1. The van der Waals surface area contributed by atoms with Gasteiger partial charge in [-0.1, -0.05) is 42.3 Å². The predicted molar refractivity (Wildman–Crippen MR) is 84.3 cm³/mol. The monoisotopic (exact) mass is 309 g/mol. The second-order valence-electron chi connectivity index (χ2n) is 4.62. The van der Waals surface area contributed by atoms with Gasteiger partial charge in [-0.2, -0.15) is 0 Å². The van der Waals surface area contributed by atoms with Crippen molar-refractivity contribution in [2.24, 2.45) is 0 Å². The number of para-hydroxylation sites is 1. The summed E-state index contributed by atoms with van der Waals surface area (Å²) in [5.74, 6) is 2.42. The second-order valence-corrected chi connectivity index (χ2v) is 6.41. The topological polar surface area (TPSA) is 56.1 Å². The van der Waals surface area contributed by atoms with Crippen LogP contribution in [0.1, 0.15) is 16.1 Å². The Kier molecular flexibility index (Phi) is 3.32. The molecule has 108 valence electrons. The number of rotatable bonds is 3. The number of hydrogen-bond acceptors (Lipinski definition) is 3. The van der Waals surface area contributed by atoms with E-state index in [2.05, 4.69) is 5.92 Å². The highest BCUT2D eigenvalue weighted by atomic mass is 32.2. The van der Waals surface area contributed by atoms with Crippen molar-refractivity contribution in [2.45, 2.75) is 4.90 Å². The van der Waals surface area contributed by atoms with Crippen molar-refractivity contribution in [3.05, 3.63) is 65.9 Å². The van der Waals surface area contributed by atoms with E-state index in [4.69, 9.17) is 6.42 Å².